The summed E-state index contributed by atoms with van der Waals surface area (Å²) in [5, 5.41) is 0. The zero-order chi connectivity index (χ0) is 12.2. The summed E-state index contributed by atoms with van der Waals surface area (Å²) in [6, 6.07) is 9.93. The molecule has 0 aliphatic rings. The molecule has 1 aromatic carbocycles. The third-order valence-corrected chi connectivity index (χ3v) is 2.57. The first-order valence-corrected chi connectivity index (χ1v) is 5.61. The number of carbonyl (C=O) groups is 1. The Hall–Kier alpha value is -1.15. The van der Waals surface area contributed by atoms with Gasteiger partial charge in [0.1, 0.15) is 6.61 Å². The quantitative estimate of drug-likeness (QED) is 0.777. The molecule has 0 aliphatic carbocycles. The van der Waals surface area contributed by atoms with Crippen LogP contribution in [0, 0.1) is 5.41 Å². The molecule has 16 heavy (non-hydrogen) atoms. The summed E-state index contributed by atoms with van der Waals surface area (Å²) in [5.41, 5.74) is 0.778. The van der Waals surface area contributed by atoms with E-state index in [4.69, 9.17) is 4.74 Å². The Morgan fingerprint density at radius 1 is 1.25 bits per heavy atom. The van der Waals surface area contributed by atoms with Gasteiger partial charge in [-0.3, -0.25) is 4.79 Å². The molecule has 0 spiro atoms. The van der Waals surface area contributed by atoms with Gasteiger partial charge in [-0.05, 0) is 12.5 Å². The second-order valence-corrected chi connectivity index (χ2v) is 5.04. The van der Waals surface area contributed by atoms with Crippen molar-refractivity contribution in [3.05, 3.63) is 35.9 Å². The maximum atomic E-state index is 11.7. The Balaban J connectivity index is 2.48. The number of benzene rings is 1. The first kappa shape index (κ1) is 12.9. The summed E-state index contributed by atoms with van der Waals surface area (Å²) < 4.78 is 5.57. The lowest BCUT2D eigenvalue weighted by Gasteiger charge is -2.19. The fourth-order valence-electron chi connectivity index (χ4n) is 1.24. The van der Waals surface area contributed by atoms with Gasteiger partial charge in [-0.25, -0.2) is 0 Å². The van der Waals surface area contributed by atoms with E-state index in [1.807, 2.05) is 58.0 Å². The van der Waals surface area contributed by atoms with Crippen molar-refractivity contribution in [3.8, 4) is 0 Å². The number of rotatable bonds is 4. The molecule has 0 bridgehead atoms. The molecule has 0 aromatic heterocycles. The predicted molar refractivity (Wildman–Crippen MR) is 65.3 cm³/mol. The minimum Gasteiger partial charge on any atom is -0.366 e. The van der Waals surface area contributed by atoms with Crippen LogP contribution in [0.2, 0.25) is 0 Å². The van der Waals surface area contributed by atoms with E-state index in [2.05, 4.69) is 0 Å². The van der Waals surface area contributed by atoms with Crippen molar-refractivity contribution in [2.24, 2.45) is 5.41 Å². The van der Waals surface area contributed by atoms with Crippen molar-refractivity contribution in [2.75, 3.05) is 6.61 Å². The molecule has 0 N–H and O–H groups in total. The third kappa shape index (κ3) is 3.78. The van der Waals surface area contributed by atoms with Gasteiger partial charge in [0.05, 0.1) is 6.10 Å². The van der Waals surface area contributed by atoms with Gasteiger partial charge in [0.25, 0.3) is 0 Å². The van der Waals surface area contributed by atoms with Crippen molar-refractivity contribution in [1.82, 2.24) is 0 Å². The highest BCUT2D eigenvalue weighted by molar-refractivity contribution is 5.84. The van der Waals surface area contributed by atoms with Gasteiger partial charge < -0.3 is 4.74 Å². The average Bonchev–Trinajstić information content (AvgIpc) is 2.25. The van der Waals surface area contributed by atoms with Crippen LogP contribution in [0.25, 0.3) is 0 Å². The van der Waals surface area contributed by atoms with Crippen LogP contribution in [-0.4, -0.2) is 12.4 Å². The molecule has 0 heterocycles. The molecule has 1 aromatic rings. The van der Waals surface area contributed by atoms with E-state index in [0.717, 1.165) is 5.56 Å². The molecule has 88 valence electrons. The number of ether oxygens (including phenoxy) is 1. The van der Waals surface area contributed by atoms with E-state index < -0.39 is 0 Å². The molecule has 0 saturated carbocycles. The van der Waals surface area contributed by atoms with E-state index in [9.17, 15) is 4.79 Å². The highest BCUT2D eigenvalue weighted by atomic mass is 16.5. The third-order valence-electron chi connectivity index (χ3n) is 2.57. The van der Waals surface area contributed by atoms with Crippen LogP contribution < -0.4 is 0 Å². The van der Waals surface area contributed by atoms with Gasteiger partial charge in [0.15, 0.2) is 5.78 Å². The van der Waals surface area contributed by atoms with Crippen molar-refractivity contribution in [1.29, 1.82) is 0 Å². The van der Waals surface area contributed by atoms with Gasteiger partial charge in [0, 0.05) is 5.41 Å². The van der Waals surface area contributed by atoms with Crippen molar-refractivity contribution >= 4 is 5.78 Å². The molecule has 0 fully saturated rings. The highest BCUT2D eigenvalue weighted by Crippen LogP contribution is 2.19. The SMILES string of the molecule is CC(OCC(=O)C(C)(C)C)c1ccccc1. The largest absolute Gasteiger partial charge is 0.366 e. The number of hydrogen-bond acceptors (Lipinski definition) is 2. The first-order valence-electron chi connectivity index (χ1n) is 5.61. The van der Waals surface area contributed by atoms with E-state index >= 15 is 0 Å². The van der Waals surface area contributed by atoms with Gasteiger partial charge in [-0.1, -0.05) is 51.1 Å². The number of ketones is 1. The molecule has 1 rings (SSSR count). The molecular formula is C14H20O2. The van der Waals surface area contributed by atoms with Crippen LogP contribution in [0.15, 0.2) is 30.3 Å². The maximum absolute atomic E-state index is 11.7. The summed E-state index contributed by atoms with van der Waals surface area (Å²) in [6.07, 6.45) is -0.0347. The zero-order valence-corrected chi connectivity index (χ0v) is 10.5. The van der Waals surface area contributed by atoms with Gasteiger partial charge in [-0.15, -0.1) is 0 Å². The van der Waals surface area contributed by atoms with Gasteiger partial charge >= 0.3 is 0 Å². The van der Waals surface area contributed by atoms with Crippen LogP contribution in [0.3, 0.4) is 0 Å². The molecule has 0 amide bonds. The number of hydrogen-bond donors (Lipinski definition) is 0. The normalized spacial score (nSPS) is 13.5. The van der Waals surface area contributed by atoms with Crippen LogP contribution in [-0.2, 0) is 9.53 Å². The second-order valence-electron chi connectivity index (χ2n) is 5.04. The first-order chi connectivity index (χ1) is 7.41. The Morgan fingerprint density at radius 3 is 2.31 bits per heavy atom. The fraction of sp³-hybridized carbons (Fsp3) is 0.500. The van der Waals surface area contributed by atoms with Crippen molar-refractivity contribution in [2.45, 2.75) is 33.8 Å². The average molecular weight is 220 g/mol. The predicted octanol–water partition coefficient (Wildman–Crippen LogP) is 3.38. The molecule has 2 heteroatoms. The summed E-state index contributed by atoms with van der Waals surface area (Å²) in [4.78, 5) is 11.7. The van der Waals surface area contributed by atoms with Crippen LogP contribution in [0.4, 0.5) is 0 Å². The summed E-state index contributed by atoms with van der Waals surface area (Å²) >= 11 is 0. The lowest BCUT2D eigenvalue weighted by Crippen LogP contribution is -2.25. The van der Waals surface area contributed by atoms with Gasteiger partial charge in [0.2, 0.25) is 0 Å². The lowest BCUT2D eigenvalue weighted by atomic mass is 9.91. The summed E-state index contributed by atoms with van der Waals surface area (Å²) in [5.74, 6) is 0.135. The zero-order valence-electron chi connectivity index (χ0n) is 10.5. The molecule has 0 aliphatic heterocycles. The molecule has 0 radical (unpaired) electrons. The molecule has 1 unspecified atom stereocenters. The van der Waals surface area contributed by atoms with Crippen LogP contribution in [0.1, 0.15) is 39.4 Å². The minimum atomic E-state index is -0.323. The number of carbonyl (C=O) groups excluding carboxylic acids is 1. The summed E-state index contributed by atoms with van der Waals surface area (Å²) in [6.45, 7) is 7.87. The Morgan fingerprint density at radius 2 is 1.81 bits per heavy atom. The van der Waals surface area contributed by atoms with Gasteiger partial charge in [-0.2, -0.15) is 0 Å². The minimum absolute atomic E-state index is 0.0347. The Bertz CT molecular complexity index is 336. The van der Waals surface area contributed by atoms with E-state index in [1.54, 1.807) is 0 Å². The molecular weight excluding hydrogens is 200 g/mol. The maximum Gasteiger partial charge on any atom is 0.163 e. The monoisotopic (exact) mass is 220 g/mol. The standard InChI is InChI=1S/C14H20O2/c1-11(12-8-6-5-7-9-12)16-10-13(15)14(2,3)4/h5-9,11H,10H2,1-4H3. The van der Waals surface area contributed by atoms with Crippen LogP contribution in [0.5, 0.6) is 0 Å². The second kappa shape index (κ2) is 5.26. The smallest absolute Gasteiger partial charge is 0.163 e. The van der Waals surface area contributed by atoms with E-state index in [-0.39, 0.29) is 23.9 Å². The highest BCUT2D eigenvalue weighted by Gasteiger charge is 2.21. The van der Waals surface area contributed by atoms with Crippen molar-refractivity contribution < 1.29 is 9.53 Å². The molecule has 0 saturated heterocycles. The van der Waals surface area contributed by atoms with E-state index in [1.165, 1.54) is 0 Å². The summed E-state index contributed by atoms with van der Waals surface area (Å²) in [7, 11) is 0. The lowest BCUT2D eigenvalue weighted by molar-refractivity contribution is -0.132. The Kier molecular flexibility index (Phi) is 4.25. The fourth-order valence-corrected chi connectivity index (χ4v) is 1.24. The molecule has 2 nitrogen and oxygen atoms in total. The number of Topliss-reactive ketones (excluding diaryl/α,β-unsaturated/α-hetero) is 1. The van der Waals surface area contributed by atoms with E-state index in [0.29, 0.717) is 0 Å². The van der Waals surface area contributed by atoms with Crippen LogP contribution >= 0.6 is 0 Å². The molecule has 1 atom stereocenters. The van der Waals surface area contributed by atoms with Crippen molar-refractivity contribution in [3.63, 3.8) is 0 Å². The topological polar surface area (TPSA) is 26.3 Å². The Labute approximate surface area is 97.6 Å².